The summed E-state index contributed by atoms with van der Waals surface area (Å²) in [4.78, 5) is 33.5. The van der Waals surface area contributed by atoms with E-state index in [0.717, 1.165) is 6.08 Å². The van der Waals surface area contributed by atoms with Crippen LogP contribution in [0.1, 0.15) is 19.4 Å². The third-order valence-electron chi connectivity index (χ3n) is 2.22. The molecule has 0 aliphatic carbocycles. The first-order valence-corrected chi connectivity index (χ1v) is 5.93. The lowest BCUT2D eigenvalue weighted by atomic mass is 10.1. The van der Waals surface area contributed by atoms with Gasteiger partial charge in [-0.05, 0) is 19.1 Å². The van der Waals surface area contributed by atoms with Gasteiger partial charge in [0.2, 0.25) is 5.91 Å². The Morgan fingerprint density at radius 1 is 1.35 bits per heavy atom. The molecule has 0 bridgehead atoms. The average Bonchev–Trinajstić information content (AvgIpc) is 2.38. The van der Waals surface area contributed by atoms with Gasteiger partial charge in [-0.25, -0.2) is 4.79 Å². The number of amides is 1. The maximum Gasteiger partial charge on any atom is 0.379 e. The molecule has 1 amide bonds. The largest absolute Gasteiger partial charge is 0.507 e. The molecule has 0 aliphatic heterocycles. The Morgan fingerprint density at radius 3 is 2.65 bits per heavy atom. The zero-order valence-corrected chi connectivity index (χ0v) is 11.2. The van der Waals surface area contributed by atoms with Crippen LogP contribution in [0.5, 0.6) is 0 Å². The molecule has 106 valence electrons. The highest BCUT2D eigenvalue weighted by Gasteiger charge is 2.13. The van der Waals surface area contributed by atoms with Crippen LogP contribution in [0.15, 0.2) is 30.3 Å². The van der Waals surface area contributed by atoms with Crippen LogP contribution in [0, 0.1) is 0 Å². The molecule has 6 heteroatoms. The number of nitrogens with one attached hydrogen (secondary N) is 1. The molecular formula is C14H15NO5. The number of hydrogen-bond acceptors (Lipinski definition) is 5. The summed E-state index contributed by atoms with van der Waals surface area (Å²) in [5, 5.41) is 12.3. The minimum absolute atomic E-state index is 0.0805. The van der Waals surface area contributed by atoms with Crippen LogP contribution in [0.3, 0.4) is 0 Å². The molecule has 0 radical (unpaired) electrons. The van der Waals surface area contributed by atoms with Crippen LogP contribution in [0.2, 0.25) is 0 Å². The highest BCUT2D eigenvalue weighted by atomic mass is 16.5. The average molecular weight is 277 g/mol. The van der Waals surface area contributed by atoms with Crippen molar-refractivity contribution in [3.63, 3.8) is 0 Å². The predicted molar refractivity (Wildman–Crippen MR) is 73.0 cm³/mol. The minimum Gasteiger partial charge on any atom is -0.507 e. The van der Waals surface area contributed by atoms with Crippen LogP contribution in [0.25, 0.3) is 5.76 Å². The summed E-state index contributed by atoms with van der Waals surface area (Å²) in [7, 11) is 0. The molecule has 6 nitrogen and oxygen atoms in total. The predicted octanol–water partition coefficient (Wildman–Crippen LogP) is 1.68. The van der Waals surface area contributed by atoms with E-state index in [4.69, 9.17) is 0 Å². The fourth-order valence-electron chi connectivity index (χ4n) is 1.43. The first-order chi connectivity index (χ1) is 9.43. The van der Waals surface area contributed by atoms with Crippen molar-refractivity contribution >= 4 is 29.1 Å². The number of esters is 1. The Morgan fingerprint density at radius 2 is 2.05 bits per heavy atom. The van der Waals surface area contributed by atoms with Gasteiger partial charge in [0.15, 0.2) is 0 Å². The Bertz CT molecular complexity index is 562. The van der Waals surface area contributed by atoms with E-state index >= 15 is 0 Å². The topological polar surface area (TPSA) is 92.7 Å². The molecule has 0 atom stereocenters. The van der Waals surface area contributed by atoms with E-state index in [2.05, 4.69) is 10.1 Å². The smallest absolute Gasteiger partial charge is 0.379 e. The lowest BCUT2D eigenvalue weighted by Gasteiger charge is -2.05. The second kappa shape index (κ2) is 7.08. The lowest BCUT2D eigenvalue weighted by Crippen LogP contribution is -2.15. The number of ketones is 1. The van der Waals surface area contributed by atoms with Gasteiger partial charge in [0.1, 0.15) is 5.76 Å². The second-order valence-corrected chi connectivity index (χ2v) is 3.88. The van der Waals surface area contributed by atoms with Gasteiger partial charge in [0, 0.05) is 24.3 Å². The normalized spacial score (nSPS) is 10.8. The van der Waals surface area contributed by atoms with E-state index < -0.39 is 11.8 Å². The van der Waals surface area contributed by atoms with Gasteiger partial charge < -0.3 is 15.2 Å². The van der Waals surface area contributed by atoms with Gasteiger partial charge in [-0.15, -0.1) is 0 Å². The van der Waals surface area contributed by atoms with E-state index in [-0.39, 0.29) is 18.3 Å². The van der Waals surface area contributed by atoms with Crippen molar-refractivity contribution in [1.82, 2.24) is 0 Å². The van der Waals surface area contributed by atoms with Crippen LogP contribution in [-0.2, 0) is 19.1 Å². The summed E-state index contributed by atoms with van der Waals surface area (Å²) in [6, 6.07) is 6.24. The van der Waals surface area contributed by atoms with Crippen molar-refractivity contribution in [1.29, 1.82) is 0 Å². The van der Waals surface area contributed by atoms with Crippen molar-refractivity contribution < 1.29 is 24.2 Å². The van der Waals surface area contributed by atoms with E-state index in [9.17, 15) is 19.5 Å². The molecule has 0 aromatic heterocycles. The Hall–Kier alpha value is -2.63. The molecule has 0 saturated carbocycles. The molecule has 1 aromatic rings. The summed E-state index contributed by atoms with van der Waals surface area (Å²) < 4.78 is 4.52. The number of anilines is 1. The Labute approximate surface area is 116 Å². The maximum absolute atomic E-state index is 11.4. The highest BCUT2D eigenvalue weighted by Crippen LogP contribution is 2.16. The number of ether oxygens (including phenoxy) is 1. The van der Waals surface area contributed by atoms with E-state index in [1.807, 2.05) is 0 Å². The monoisotopic (exact) mass is 277 g/mol. The number of aliphatic hydroxyl groups is 1. The third-order valence-corrected chi connectivity index (χ3v) is 2.22. The SMILES string of the molecule is CCOC(=O)C(=O)C=C(O)c1cccc(NC(C)=O)c1. The highest BCUT2D eigenvalue weighted by molar-refractivity contribution is 6.39. The number of carbonyl (C=O) groups excluding carboxylic acids is 3. The number of hydrogen-bond donors (Lipinski definition) is 2. The molecule has 0 fully saturated rings. The number of benzene rings is 1. The Kier molecular flexibility index (Phi) is 5.46. The molecule has 0 aliphatic rings. The summed E-state index contributed by atoms with van der Waals surface area (Å²) in [5.41, 5.74) is 0.771. The van der Waals surface area contributed by atoms with Crippen LogP contribution < -0.4 is 5.32 Å². The molecular weight excluding hydrogens is 262 g/mol. The van der Waals surface area contributed by atoms with Gasteiger partial charge in [-0.3, -0.25) is 9.59 Å². The molecule has 2 N–H and O–H groups in total. The molecule has 0 saturated heterocycles. The van der Waals surface area contributed by atoms with Crippen LogP contribution >= 0.6 is 0 Å². The van der Waals surface area contributed by atoms with Crippen LogP contribution in [-0.4, -0.2) is 29.4 Å². The van der Waals surface area contributed by atoms with Crippen molar-refractivity contribution in [2.24, 2.45) is 0 Å². The first kappa shape index (κ1) is 15.4. The quantitative estimate of drug-likeness (QED) is 0.369. The summed E-state index contributed by atoms with van der Waals surface area (Å²) >= 11 is 0. The molecule has 20 heavy (non-hydrogen) atoms. The van der Waals surface area contributed by atoms with E-state index in [1.54, 1.807) is 19.1 Å². The molecule has 1 rings (SSSR count). The van der Waals surface area contributed by atoms with Crippen molar-refractivity contribution in [2.75, 3.05) is 11.9 Å². The van der Waals surface area contributed by atoms with Gasteiger partial charge in [0.05, 0.1) is 6.61 Å². The first-order valence-electron chi connectivity index (χ1n) is 5.93. The molecule has 0 heterocycles. The number of carbonyl (C=O) groups is 3. The molecule has 0 unspecified atom stereocenters. The number of aliphatic hydroxyl groups excluding tert-OH is 1. The maximum atomic E-state index is 11.4. The van der Waals surface area contributed by atoms with Gasteiger partial charge in [0.25, 0.3) is 5.78 Å². The fraction of sp³-hybridized carbons (Fsp3) is 0.214. The molecule has 1 aromatic carbocycles. The Balaban J connectivity index is 2.91. The van der Waals surface area contributed by atoms with Crippen molar-refractivity contribution in [3.8, 4) is 0 Å². The third kappa shape index (κ3) is 4.56. The van der Waals surface area contributed by atoms with Gasteiger partial charge in [-0.2, -0.15) is 0 Å². The van der Waals surface area contributed by atoms with Gasteiger partial charge in [-0.1, -0.05) is 12.1 Å². The summed E-state index contributed by atoms with van der Waals surface area (Å²) in [6.07, 6.45) is 0.783. The van der Waals surface area contributed by atoms with E-state index in [0.29, 0.717) is 11.3 Å². The number of rotatable bonds is 5. The van der Waals surface area contributed by atoms with Crippen molar-refractivity contribution in [3.05, 3.63) is 35.9 Å². The fourth-order valence-corrected chi connectivity index (χ4v) is 1.43. The molecule has 0 spiro atoms. The lowest BCUT2D eigenvalue weighted by molar-refractivity contribution is -0.151. The second-order valence-electron chi connectivity index (χ2n) is 3.88. The zero-order chi connectivity index (χ0) is 15.1. The zero-order valence-electron chi connectivity index (χ0n) is 11.2. The summed E-state index contributed by atoms with van der Waals surface area (Å²) in [5.74, 6) is -2.62. The standard InChI is InChI=1S/C14H15NO5/c1-3-20-14(19)13(18)8-12(17)10-5-4-6-11(7-10)15-9(2)16/h4-8,17H,3H2,1-2H3,(H,15,16). The van der Waals surface area contributed by atoms with E-state index in [1.165, 1.54) is 19.1 Å². The van der Waals surface area contributed by atoms with Gasteiger partial charge >= 0.3 is 5.97 Å². The minimum atomic E-state index is -1.03. The summed E-state index contributed by atoms with van der Waals surface area (Å²) in [6.45, 7) is 3.01. The van der Waals surface area contributed by atoms with Crippen LogP contribution in [0.4, 0.5) is 5.69 Å². The van der Waals surface area contributed by atoms with Crippen molar-refractivity contribution in [2.45, 2.75) is 13.8 Å².